The maximum Gasteiger partial charge on any atom is 0.208 e. The number of aromatic nitrogens is 4. The van der Waals surface area contributed by atoms with E-state index in [9.17, 15) is 0 Å². The van der Waals surface area contributed by atoms with Crippen LogP contribution >= 0.6 is 11.5 Å². The number of hydrogen-bond donors (Lipinski definition) is 1. The molecule has 7 nitrogen and oxygen atoms in total. The van der Waals surface area contributed by atoms with Gasteiger partial charge in [-0.05, 0) is 44.9 Å². The first-order chi connectivity index (χ1) is 13.2. The van der Waals surface area contributed by atoms with E-state index in [1.165, 1.54) is 30.1 Å². The number of ether oxygens (including phenoxy) is 1. The Kier molecular flexibility index (Phi) is 5.15. The summed E-state index contributed by atoms with van der Waals surface area (Å²) in [5, 5.41) is 3.93. The Morgan fingerprint density at radius 1 is 1.15 bits per heavy atom. The Balaban J connectivity index is 1.53. The van der Waals surface area contributed by atoms with Crippen molar-refractivity contribution < 1.29 is 4.74 Å². The lowest BCUT2D eigenvalue weighted by Gasteiger charge is -2.17. The summed E-state index contributed by atoms with van der Waals surface area (Å²) < 4.78 is 10.3. The average Bonchev–Trinajstić information content (AvgIpc) is 3.34. The van der Waals surface area contributed by atoms with Gasteiger partial charge in [0.1, 0.15) is 11.6 Å². The minimum absolute atomic E-state index is 0.0571. The summed E-state index contributed by atoms with van der Waals surface area (Å²) in [7, 11) is 0. The second-order valence-electron chi connectivity index (χ2n) is 6.66. The molecule has 3 aromatic rings. The van der Waals surface area contributed by atoms with Gasteiger partial charge < -0.3 is 15.0 Å². The SMILES string of the molecule is CC(C)Oc1cccnc1-c1nsc(Nc2cc(N3CCCC3)ccn2)n1. The highest BCUT2D eigenvalue weighted by atomic mass is 32.1. The molecule has 1 aliphatic rings. The van der Waals surface area contributed by atoms with Crippen LogP contribution in [0.3, 0.4) is 0 Å². The zero-order valence-electron chi connectivity index (χ0n) is 15.4. The zero-order chi connectivity index (χ0) is 18.6. The predicted molar refractivity (Wildman–Crippen MR) is 108 cm³/mol. The van der Waals surface area contributed by atoms with Crippen molar-refractivity contribution in [3.05, 3.63) is 36.7 Å². The molecule has 4 heterocycles. The summed E-state index contributed by atoms with van der Waals surface area (Å²) in [5.41, 5.74) is 1.83. The van der Waals surface area contributed by atoms with E-state index in [0.29, 0.717) is 22.4 Å². The van der Waals surface area contributed by atoms with Crippen molar-refractivity contribution in [1.82, 2.24) is 19.3 Å². The second-order valence-corrected chi connectivity index (χ2v) is 7.41. The third-order valence-electron chi connectivity index (χ3n) is 4.22. The smallest absolute Gasteiger partial charge is 0.208 e. The van der Waals surface area contributed by atoms with Gasteiger partial charge in [-0.25, -0.2) is 9.97 Å². The molecule has 4 rings (SSSR count). The molecule has 0 bridgehead atoms. The third kappa shape index (κ3) is 4.16. The fourth-order valence-electron chi connectivity index (χ4n) is 3.05. The molecule has 0 spiro atoms. The summed E-state index contributed by atoms with van der Waals surface area (Å²) in [6, 6.07) is 7.84. The van der Waals surface area contributed by atoms with Crippen LogP contribution in [0.15, 0.2) is 36.7 Å². The molecule has 1 fully saturated rings. The zero-order valence-corrected chi connectivity index (χ0v) is 16.2. The minimum atomic E-state index is 0.0571. The number of nitrogens with one attached hydrogen (secondary N) is 1. The predicted octanol–water partition coefficient (Wildman–Crippen LogP) is 4.13. The van der Waals surface area contributed by atoms with Crippen molar-refractivity contribution in [2.24, 2.45) is 0 Å². The molecule has 3 aromatic heterocycles. The first-order valence-electron chi connectivity index (χ1n) is 9.13. The molecule has 1 N–H and O–H groups in total. The molecule has 0 saturated carbocycles. The van der Waals surface area contributed by atoms with E-state index in [2.05, 4.69) is 35.6 Å². The number of rotatable bonds is 6. The minimum Gasteiger partial charge on any atom is -0.489 e. The van der Waals surface area contributed by atoms with Crippen molar-refractivity contribution in [2.75, 3.05) is 23.3 Å². The lowest BCUT2D eigenvalue weighted by atomic mass is 10.3. The second kappa shape index (κ2) is 7.87. The third-order valence-corrected chi connectivity index (χ3v) is 4.85. The molecule has 0 radical (unpaired) electrons. The number of pyridine rings is 2. The van der Waals surface area contributed by atoms with Crippen LogP contribution < -0.4 is 15.0 Å². The standard InChI is InChI=1S/C19H22N6OS/c1-13(2)26-15-6-5-8-21-17(15)18-23-19(27-24-18)22-16-12-14(7-9-20-16)25-10-3-4-11-25/h5-9,12-13H,3-4,10-11H2,1-2H3,(H,20,22,23,24). The monoisotopic (exact) mass is 382 g/mol. The van der Waals surface area contributed by atoms with Crippen molar-refractivity contribution in [1.29, 1.82) is 0 Å². The number of hydrogen-bond acceptors (Lipinski definition) is 8. The molecule has 8 heteroatoms. The van der Waals surface area contributed by atoms with Gasteiger partial charge in [-0.3, -0.25) is 0 Å². The van der Waals surface area contributed by atoms with Crippen LogP contribution in [0.4, 0.5) is 16.6 Å². The van der Waals surface area contributed by atoms with Gasteiger partial charge in [0, 0.05) is 48.8 Å². The molecule has 1 aliphatic heterocycles. The topological polar surface area (TPSA) is 76.1 Å². The summed E-state index contributed by atoms with van der Waals surface area (Å²) in [4.78, 5) is 15.7. The molecule has 140 valence electrons. The molecular weight excluding hydrogens is 360 g/mol. The highest BCUT2D eigenvalue weighted by Crippen LogP contribution is 2.30. The molecule has 0 atom stereocenters. The summed E-state index contributed by atoms with van der Waals surface area (Å²) in [6.45, 7) is 6.17. The maximum absolute atomic E-state index is 5.82. The molecule has 0 aromatic carbocycles. The molecule has 0 amide bonds. The fourth-order valence-corrected chi connectivity index (χ4v) is 3.63. The van der Waals surface area contributed by atoms with Crippen molar-refractivity contribution >= 4 is 28.2 Å². The Bertz CT molecular complexity index is 906. The van der Waals surface area contributed by atoms with Gasteiger partial charge in [-0.15, -0.1) is 0 Å². The Labute approximate surface area is 162 Å². The van der Waals surface area contributed by atoms with Gasteiger partial charge in [0.25, 0.3) is 0 Å². The quantitative estimate of drug-likeness (QED) is 0.687. The Morgan fingerprint density at radius 2 is 2.00 bits per heavy atom. The van der Waals surface area contributed by atoms with Gasteiger partial charge >= 0.3 is 0 Å². The van der Waals surface area contributed by atoms with Crippen LogP contribution in [0.25, 0.3) is 11.5 Å². The highest BCUT2D eigenvalue weighted by molar-refractivity contribution is 7.09. The van der Waals surface area contributed by atoms with Crippen LogP contribution in [0.1, 0.15) is 26.7 Å². The van der Waals surface area contributed by atoms with Gasteiger partial charge in [-0.1, -0.05) is 0 Å². The van der Waals surface area contributed by atoms with Crippen LogP contribution in [0, 0.1) is 0 Å². The summed E-state index contributed by atoms with van der Waals surface area (Å²) in [5.74, 6) is 2.00. The van der Waals surface area contributed by atoms with E-state index in [-0.39, 0.29) is 6.10 Å². The lowest BCUT2D eigenvalue weighted by Crippen LogP contribution is -2.17. The van der Waals surface area contributed by atoms with Crippen molar-refractivity contribution in [3.8, 4) is 17.3 Å². The van der Waals surface area contributed by atoms with Gasteiger partial charge in [0.05, 0.1) is 6.10 Å². The number of anilines is 3. The lowest BCUT2D eigenvalue weighted by molar-refractivity contribution is 0.242. The van der Waals surface area contributed by atoms with Gasteiger partial charge in [-0.2, -0.15) is 9.36 Å². The average molecular weight is 382 g/mol. The number of nitrogens with zero attached hydrogens (tertiary/aromatic N) is 5. The van der Waals surface area contributed by atoms with Crippen LogP contribution in [-0.4, -0.2) is 38.5 Å². The first kappa shape index (κ1) is 17.7. The van der Waals surface area contributed by atoms with Gasteiger partial charge in [0.2, 0.25) is 5.13 Å². The molecular formula is C19H22N6OS. The van der Waals surface area contributed by atoms with Crippen LogP contribution in [0.2, 0.25) is 0 Å². The van der Waals surface area contributed by atoms with E-state index in [1.807, 2.05) is 38.2 Å². The van der Waals surface area contributed by atoms with Crippen molar-refractivity contribution in [2.45, 2.75) is 32.8 Å². The van der Waals surface area contributed by atoms with E-state index in [1.54, 1.807) is 6.20 Å². The highest BCUT2D eigenvalue weighted by Gasteiger charge is 2.16. The molecule has 0 unspecified atom stereocenters. The molecule has 0 aliphatic carbocycles. The van der Waals surface area contributed by atoms with Crippen LogP contribution in [-0.2, 0) is 0 Å². The first-order valence-corrected chi connectivity index (χ1v) is 9.90. The fraction of sp³-hybridized carbons (Fsp3) is 0.368. The summed E-state index contributed by atoms with van der Waals surface area (Å²) >= 11 is 1.28. The molecule has 27 heavy (non-hydrogen) atoms. The Morgan fingerprint density at radius 3 is 2.81 bits per heavy atom. The largest absolute Gasteiger partial charge is 0.489 e. The van der Waals surface area contributed by atoms with E-state index in [4.69, 9.17) is 4.74 Å². The molecule has 1 saturated heterocycles. The Hall–Kier alpha value is -2.74. The van der Waals surface area contributed by atoms with E-state index >= 15 is 0 Å². The normalized spacial score (nSPS) is 14.0. The maximum atomic E-state index is 5.82. The van der Waals surface area contributed by atoms with E-state index in [0.717, 1.165) is 18.9 Å². The van der Waals surface area contributed by atoms with E-state index < -0.39 is 0 Å². The van der Waals surface area contributed by atoms with Crippen LogP contribution in [0.5, 0.6) is 5.75 Å². The summed E-state index contributed by atoms with van der Waals surface area (Å²) in [6.07, 6.45) is 6.09. The van der Waals surface area contributed by atoms with Gasteiger partial charge in [0.15, 0.2) is 11.5 Å². The van der Waals surface area contributed by atoms with Crippen molar-refractivity contribution in [3.63, 3.8) is 0 Å².